The second-order valence-electron chi connectivity index (χ2n) is 6.13. The number of hydrogen-bond acceptors (Lipinski definition) is 3. The molecule has 2 aromatic rings. The lowest BCUT2D eigenvalue weighted by molar-refractivity contribution is -0.120. The van der Waals surface area contributed by atoms with Crippen LogP contribution in [0.15, 0.2) is 53.4 Å². The second-order valence-corrected chi connectivity index (χ2v) is 7.81. The van der Waals surface area contributed by atoms with E-state index in [4.69, 9.17) is 0 Å². The van der Waals surface area contributed by atoms with Gasteiger partial charge >= 0.3 is 0 Å². The van der Waals surface area contributed by atoms with E-state index in [2.05, 4.69) is 10.0 Å². The number of benzene rings is 2. The van der Waals surface area contributed by atoms with Gasteiger partial charge in [-0.3, -0.25) is 9.52 Å². The van der Waals surface area contributed by atoms with Crippen LogP contribution in [0.5, 0.6) is 0 Å². The van der Waals surface area contributed by atoms with Gasteiger partial charge in [-0.25, -0.2) is 12.8 Å². The zero-order chi connectivity index (χ0) is 18.4. The number of halogens is 1. The Morgan fingerprint density at radius 2 is 1.64 bits per heavy atom. The molecule has 0 radical (unpaired) electrons. The van der Waals surface area contributed by atoms with Crippen molar-refractivity contribution in [2.75, 3.05) is 11.3 Å². The van der Waals surface area contributed by atoms with Crippen LogP contribution in [0.2, 0.25) is 0 Å². The smallest absolute Gasteiger partial charge is 0.261 e. The fourth-order valence-electron chi connectivity index (χ4n) is 2.08. The van der Waals surface area contributed by atoms with Crippen molar-refractivity contribution >= 4 is 21.6 Å². The van der Waals surface area contributed by atoms with Gasteiger partial charge in [-0.2, -0.15) is 0 Å². The first-order chi connectivity index (χ1) is 11.8. The highest BCUT2D eigenvalue weighted by molar-refractivity contribution is 7.92. The molecular weight excluding hydrogens is 343 g/mol. The Kier molecular flexibility index (Phi) is 6.14. The summed E-state index contributed by atoms with van der Waals surface area (Å²) in [6.45, 7) is 4.65. The van der Waals surface area contributed by atoms with Crippen molar-refractivity contribution in [2.24, 2.45) is 5.92 Å². The van der Waals surface area contributed by atoms with Gasteiger partial charge in [0.05, 0.1) is 11.3 Å². The number of nitrogens with one attached hydrogen (secondary N) is 2. The summed E-state index contributed by atoms with van der Waals surface area (Å²) in [4.78, 5) is 11.8. The average molecular weight is 364 g/mol. The molecule has 2 aromatic carbocycles. The average Bonchev–Trinajstić information content (AvgIpc) is 2.55. The first kappa shape index (κ1) is 18.9. The van der Waals surface area contributed by atoms with Crippen molar-refractivity contribution in [2.45, 2.75) is 25.2 Å². The van der Waals surface area contributed by atoms with Gasteiger partial charge in [0.15, 0.2) is 0 Å². The molecule has 7 heteroatoms. The van der Waals surface area contributed by atoms with Crippen molar-refractivity contribution in [1.82, 2.24) is 5.32 Å². The number of anilines is 1. The molecule has 0 fully saturated rings. The molecule has 0 aromatic heterocycles. The summed E-state index contributed by atoms with van der Waals surface area (Å²) in [6.07, 6.45) is 0.234. The van der Waals surface area contributed by atoms with Crippen molar-refractivity contribution in [3.05, 3.63) is 59.9 Å². The van der Waals surface area contributed by atoms with Gasteiger partial charge < -0.3 is 5.32 Å². The molecule has 25 heavy (non-hydrogen) atoms. The lowest BCUT2D eigenvalue weighted by atomic mass is 10.1. The summed E-state index contributed by atoms with van der Waals surface area (Å²) in [7, 11) is -3.78. The summed E-state index contributed by atoms with van der Waals surface area (Å²) >= 11 is 0. The van der Waals surface area contributed by atoms with Crippen LogP contribution >= 0.6 is 0 Å². The molecule has 5 nitrogen and oxygen atoms in total. The largest absolute Gasteiger partial charge is 0.356 e. The molecule has 0 aliphatic rings. The maximum absolute atomic E-state index is 12.9. The van der Waals surface area contributed by atoms with Crippen molar-refractivity contribution in [1.29, 1.82) is 0 Å². The molecule has 0 aliphatic heterocycles. The van der Waals surface area contributed by atoms with Crippen LogP contribution in [0, 0.1) is 11.7 Å². The van der Waals surface area contributed by atoms with Crippen LogP contribution in [0.25, 0.3) is 0 Å². The topological polar surface area (TPSA) is 75.3 Å². The van der Waals surface area contributed by atoms with Crippen LogP contribution in [0.3, 0.4) is 0 Å². The molecule has 0 spiro atoms. The van der Waals surface area contributed by atoms with E-state index in [1.54, 1.807) is 24.3 Å². The lowest BCUT2D eigenvalue weighted by Gasteiger charge is -2.10. The van der Waals surface area contributed by atoms with Crippen LogP contribution in [-0.4, -0.2) is 20.9 Å². The molecule has 1 amide bonds. The Morgan fingerprint density at radius 1 is 1.04 bits per heavy atom. The van der Waals surface area contributed by atoms with E-state index < -0.39 is 15.8 Å². The summed E-state index contributed by atoms with van der Waals surface area (Å²) < 4.78 is 39.8. The minimum atomic E-state index is -3.78. The monoisotopic (exact) mass is 364 g/mol. The molecular formula is C18H21FN2O3S. The number of sulfonamides is 1. The third-order valence-electron chi connectivity index (χ3n) is 3.40. The number of carbonyl (C=O) groups is 1. The first-order valence-corrected chi connectivity index (χ1v) is 9.38. The SMILES string of the molecule is CC(C)CNC(=O)Cc1ccc(NS(=O)(=O)c2ccc(F)cc2)cc1. The van der Waals surface area contributed by atoms with Gasteiger partial charge in [0.1, 0.15) is 5.82 Å². The van der Waals surface area contributed by atoms with Gasteiger partial charge in [0, 0.05) is 12.2 Å². The van der Waals surface area contributed by atoms with E-state index in [-0.39, 0.29) is 17.2 Å². The lowest BCUT2D eigenvalue weighted by Crippen LogP contribution is -2.28. The Balaban J connectivity index is 2.00. The fraction of sp³-hybridized carbons (Fsp3) is 0.278. The molecule has 0 bridgehead atoms. The van der Waals surface area contributed by atoms with Crippen molar-refractivity contribution < 1.29 is 17.6 Å². The van der Waals surface area contributed by atoms with Crippen LogP contribution in [-0.2, 0) is 21.2 Å². The highest BCUT2D eigenvalue weighted by Crippen LogP contribution is 2.17. The molecule has 0 aliphatic carbocycles. The fourth-order valence-corrected chi connectivity index (χ4v) is 3.14. The molecule has 2 N–H and O–H groups in total. The molecule has 0 heterocycles. The van der Waals surface area contributed by atoms with Gasteiger partial charge in [0.25, 0.3) is 10.0 Å². The van der Waals surface area contributed by atoms with Crippen molar-refractivity contribution in [3.8, 4) is 0 Å². The molecule has 2 rings (SSSR count). The second kappa shape index (κ2) is 8.11. The minimum absolute atomic E-state index is 0.0222. The number of hydrogen-bond donors (Lipinski definition) is 2. The van der Waals surface area contributed by atoms with Gasteiger partial charge in [-0.15, -0.1) is 0 Å². The normalized spacial score (nSPS) is 11.4. The Morgan fingerprint density at radius 3 is 2.20 bits per heavy atom. The summed E-state index contributed by atoms with van der Waals surface area (Å²) in [5, 5.41) is 2.83. The van der Waals surface area contributed by atoms with E-state index in [1.165, 1.54) is 12.1 Å². The summed E-state index contributed by atoms with van der Waals surface area (Å²) in [5.74, 6) is -0.195. The molecule has 0 saturated heterocycles. The zero-order valence-electron chi connectivity index (χ0n) is 14.1. The van der Waals surface area contributed by atoms with Crippen LogP contribution < -0.4 is 10.0 Å². The Bertz CT molecular complexity index is 816. The van der Waals surface area contributed by atoms with Gasteiger partial charge in [-0.1, -0.05) is 26.0 Å². The zero-order valence-corrected chi connectivity index (χ0v) is 14.9. The third-order valence-corrected chi connectivity index (χ3v) is 4.80. The quantitative estimate of drug-likeness (QED) is 0.793. The van der Waals surface area contributed by atoms with E-state index >= 15 is 0 Å². The highest BCUT2D eigenvalue weighted by Gasteiger charge is 2.14. The molecule has 134 valence electrons. The highest BCUT2D eigenvalue weighted by atomic mass is 32.2. The Labute approximate surface area is 147 Å². The predicted octanol–water partition coefficient (Wildman–Crippen LogP) is 2.94. The third kappa shape index (κ3) is 5.86. The number of amides is 1. The van der Waals surface area contributed by atoms with E-state index in [0.29, 0.717) is 18.2 Å². The predicted molar refractivity (Wildman–Crippen MR) is 95.2 cm³/mol. The molecule has 0 saturated carbocycles. The number of rotatable bonds is 7. The maximum Gasteiger partial charge on any atom is 0.261 e. The standard InChI is InChI=1S/C18H21FN2O3S/c1-13(2)12-20-18(22)11-14-3-7-16(8-4-14)21-25(23,24)17-9-5-15(19)6-10-17/h3-10,13,21H,11-12H2,1-2H3,(H,20,22). The van der Waals surface area contributed by atoms with E-state index in [9.17, 15) is 17.6 Å². The first-order valence-electron chi connectivity index (χ1n) is 7.90. The van der Waals surface area contributed by atoms with Crippen molar-refractivity contribution in [3.63, 3.8) is 0 Å². The minimum Gasteiger partial charge on any atom is -0.356 e. The van der Waals surface area contributed by atoms with E-state index in [1.807, 2.05) is 13.8 Å². The van der Waals surface area contributed by atoms with Crippen LogP contribution in [0.4, 0.5) is 10.1 Å². The summed E-state index contributed by atoms with van der Waals surface area (Å²) in [6, 6.07) is 11.1. The molecule has 0 unspecified atom stereocenters. The van der Waals surface area contributed by atoms with E-state index in [0.717, 1.165) is 17.7 Å². The van der Waals surface area contributed by atoms with Gasteiger partial charge in [-0.05, 0) is 47.9 Å². The number of carbonyl (C=O) groups excluding carboxylic acids is 1. The summed E-state index contributed by atoms with van der Waals surface area (Å²) in [5.41, 5.74) is 1.15. The Hall–Kier alpha value is -2.41. The van der Waals surface area contributed by atoms with Gasteiger partial charge in [0.2, 0.25) is 5.91 Å². The molecule has 0 atom stereocenters. The maximum atomic E-state index is 12.9. The van der Waals surface area contributed by atoms with Crippen LogP contribution in [0.1, 0.15) is 19.4 Å².